The van der Waals surface area contributed by atoms with Crippen LogP contribution in [0.5, 0.6) is 5.75 Å². The van der Waals surface area contributed by atoms with Crippen molar-refractivity contribution in [3.8, 4) is 5.75 Å². The van der Waals surface area contributed by atoms with Gasteiger partial charge in [-0.15, -0.1) is 11.3 Å². The fraction of sp³-hybridized carbons (Fsp3) is 0.333. The van der Waals surface area contributed by atoms with Crippen LogP contribution >= 0.6 is 11.3 Å². The molecule has 1 N–H and O–H groups in total. The van der Waals surface area contributed by atoms with Gasteiger partial charge in [0.2, 0.25) is 5.91 Å². The Kier molecular flexibility index (Phi) is 4.74. The molecule has 1 heterocycles. The Labute approximate surface area is 122 Å². The maximum absolute atomic E-state index is 11.9. The monoisotopic (exact) mass is 290 g/mol. The lowest BCUT2D eigenvalue weighted by atomic mass is 10.2. The molecule has 0 aliphatic carbocycles. The molecule has 106 valence electrons. The first-order valence-electron chi connectivity index (χ1n) is 6.50. The van der Waals surface area contributed by atoms with E-state index in [4.69, 9.17) is 4.74 Å². The Morgan fingerprint density at radius 2 is 2.05 bits per heavy atom. The van der Waals surface area contributed by atoms with Crippen LogP contribution in [-0.2, 0) is 11.2 Å². The van der Waals surface area contributed by atoms with Gasteiger partial charge in [0.15, 0.2) is 0 Å². The van der Waals surface area contributed by atoms with Crippen molar-refractivity contribution in [2.45, 2.75) is 33.3 Å². The summed E-state index contributed by atoms with van der Waals surface area (Å²) < 4.78 is 5.55. The van der Waals surface area contributed by atoms with Crippen LogP contribution in [0.1, 0.15) is 24.5 Å². The van der Waals surface area contributed by atoms with E-state index in [-0.39, 0.29) is 12.0 Å². The lowest BCUT2D eigenvalue weighted by Crippen LogP contribution is -2.14. The van der Waals surface area contributed by atoms with Gasteiger partial charge in [0.1, 0.15) is 5.75 Å². The van der Waals surface area contributed by atoms with Gasteiger partial charge in [0, 0.05) is 11.1 Å². The van der Waals surface area contributed by atoms with E-state index in [1.807, 2.05) is 50.4 Å². The number of hydrogen-bond acceptors (Lipinski definition) is 4. The summed E-state index contributed by atoms with van der Waals surface area (Å²) in [5.74, 6) is 0.737. The number of benzene rings is 1. The van der Waals surface area contributed by atoms with Crippen LogP contribution in [0.15, 0.2) is 29.6 Å². The fourth-order valence-corrected chi connectivity index (χ4v) is 2.36. The summed E-state index contributed by atoms with van der Waals surface area (Å²) in [4.78, 5) is 16.2. The second kappa shape index (κ2) is 6.52. The van der Waals surface area contributed by atoms with Crippen LogP contribution in [-0.4, -0.2) is 17.0 Å². The summed E-state index contributed by atoms with van der Waals surface area (Å²) in [5, 5.41) is 5.74. The van der Waals surface area contributed by atoms with E-state index in [0.717, 1.165) is 22.1 Å². The predicted molar refractivity (Wildman–Crippen MR) is 81.4 cm³/mol. The first-order valence-corrected chi connectivity index (χ1v) is 7.38. The highest BCUT2D eigenvalue weighted by molar-refractivity contribution is 7.09. The molecule has 2 aromatic rings. The standard InChI is InChI=1S/C15H18N2O2S/c1-10(2)19-14-6-4-12(5-7-14)17-15(18)8-13-9-20-11(3)16-13/h4-7,9-10H,8H2,1-3H3,(H,17,18). The molecule has 0 radical (unpaired) electrons. The van der Waals surface area contributed by atoms with Gasteiger partial charge in [-0.1, -0.05) is 0 Å². The summed E-state index contributed by atoms with van der Waals surface area (Å²) >= 11 is 1.55. The molecular weight excluding hydrogens is 272 g/mol. The minimum absolute atomic E-state index is 0.0622. The summed E-state index contributed by atoms with van der Waals surface area (Å²) in [6, 6.07) is 7.37. The lowest BCUT2D eigenvalue weighted by molar-refractivity contribution is -0.115. The van der Waals surface area contributed by atoms with E-state index < -0.39 is 0 Å². The first-order chi connectivity index (χ1) is 9.52. The van der Waals surface area contributed by atoms with Gasteiger partial charge in [0.25, 0.3) is 0 Å². The van der Waals surface area contributed by atoms with Crippen molar-refractivity contribution in [2.24, 2.45) is 0 Å². The van der Waals surface area contributed by atoms with Crippen LogP contribution in [0, 0.1) is 6.92 Å². The Morgan fingerprint density at radius 1 is 1.35 bits per heavy atom. The van der Waals surface area contributed by atoms with Crippen molar-refractivity contribution in [1.29, 1.82) is 0 Å². The van der Waals surface area contributed by atoms with E-state index in [1.165, 1.54) is 0 Å². The van der Waals surface area contributed by atoms with Crippen molar-refractivity contribution in [3.63, 3.8) is 0 Å². The molecule has 1 amide bonds. The largest absolute Gasteiger partial charge is 0.491 e. The SMILES string of the molecule is Cc1nc(CC(=O)Nc2ccc(OC(C)C)cc2)cs1. The van der Waals surface area contributed by atoms with E-state index in [1.54, 1.807) is 11.3 Å². The van der Waals surface area contributed by atoms with Gasteiger partial charge in [-0.3, -0.25) is 4.79 Å². The average molecular weight is 290 g/mol. The third kappa shape index (κ3) is 4.35. The Morgan fingerprint density at radius 3 is 2.60 bits per heavy atom. The quantitative estimate of drug-likeness (QED) is 0.918. The molecule has 0 saturated heterocycles. The number of nitrogens with zero attached hydrogens (tertiary/aromatic N) is 1. The number of thiazole rings is 1. The Bertz CT molecular complexity index is 576. The van der Waals surface area contributed by atoms with E-state index in [9.17, 15) is 4.79 Å². The van der Waals surface area contributed by atoms with Gasteiger partial charge < -0.3 is 10.1 Å². The average Bonchev–Trinajstić information content (AvgIpc) is 2.76. The zero-order valence-electron chi connectivity index (χ0n) is 11.8. The molecule has 0 atom stereocenters. The summed E-state index contributed by atoms with van der Waals surface area (Å²) in [7, 11) is 0. The Hall–Kier alpha value is -1.88. The molecule has 5 heteroatoms. The van der Waals surface area contributed by atoms with Crippen molar-refractivity contribution in [3.05, 3.63) is 40.3 Å². The van der Waals surface area contributed by atoms with Crippen molar-refractivity contribution < 1.29 is 9.53 Å². The van der Waals surface area contributed by atoms with Crippen LogP contribution < -0.4 is 10.1 Å². The molecule has 0 fully saturated rings. The number of rotatable bonds is 5. The normalized spacial score (nSPS) is 10.6. The van der Waals surface area contributed by atoms with Gasteiger partial charge in [0.05, 0.1) is 23.2 Å². The molecule has 20 heavy (non-hydrogen) atoms. The van der Waals surface area contributed by atoms with Gasteiger partial charge in [-0.25, -0.2) is 4.98 Å². The minimum Gasteiger partial charge on any atom is -0.491 e. The molecule has 0 spiro atoms. The number of carbonyl (C=O) groups excluding carboxylic acids is 1. The number of anilines is 1. The minimum atomic E-state index is -0.0622. The third-order valence-electron chi connectivity index (χ3n) is 2.52. The summed E-state index contributed by atoms with van der Waals surface area (Å²) in [6.45, 7) is 5.89. The van der Waals surface area contributed by atoms with Crippen molar-refractivity contribution >= 4 is 22.9 Å². The number of carbonyl (C=O) groups is 1. The molecule has 4 nitrogen and oxygen atoms in total. The summed E-state index contributed by atoms with van der Waals surface area (Å²) in [6.07, 6.45) is 0.442. The van der Waals surface area contributed by atoms with Crippen molar-refractivity contribution in [2.75, 3.05) is 5.32 Å². The molecule has 1 aromatic heterocycles. The Balaban J connectivity index is 1.91. The lowest BCUT2D eigenvalue weighted by Gasteiger charge is -2.10. The highest BCUT2D eigenvalue weighted by Gasteiger charge is 2.07. The molecule has 0 bridgehead atoms. The van der Waals surface area contributed by atoms with Crippen LogP contribution in [0.4, 0.5) is 5.69 Å². The number of nitrogens with one attached hydrogen (secondary N) is 1. The van der Waals surface area contributed by atoms with Gasteiger partial charge >= 0.3 is 0 Å². The van der Waals surface area contributed by atoms with E-state index in [0.29, 0.717) is 6.42 Å². The number of aryl methyl sites for hydroxylation is 1. The second-order valence-corrected chi connectivity index (χ2v) is 5.84. The van der Waals surface area contributed by atoms with Crippen LogP contribution in [0.2, 0.25) is 0 Å². The zero-order valence-corrected chi connectivity index (χ0v) is 12.7. The van der Waals surface area contributed by atoms with E-state index >= 15 is 0 Å². The number of ether oxygens (including phenoxy) is 1. The maximum Gasteiger partial charge on any atom is 0.230 e. The van der Waals surface area contributed by atoms with Crippen LogP contribution in [0.3, 0.4) is 0 Å². The van der Waals surface area contributed by atoms with E-state index in [2.05, 4.69) is 10.3 Å². The van der Waals surface area contributed by atoms with Crippen molar-refractivity contribution in [1.82, 2.24) is 4.98 Å². The highest BCUT2D eigenvalue weighted by Crippen LogP contribution is 2.17. The molecule has 0 aliphatic rings. The maximum atomic E-state index is 11.9. The second-order valence-electron chi connectivity index (χ2n) is 4.77. The molecule has 0 saturated carbocycles. The third-order valence-corrected chi connectivity index (χ3v) is 3.34. The summed E-state index contributed by atoms with van der Waals surface area (Å²) in [5.41, 5.74) is 1.57. The molecule has 0 aliphatic heterocycles. The van der Waals surface area contributed by atoms with Gasteiger partial charge in [-0.2, -0.15) is 0 Å². The number of aromatic nitrogens is 1. The number of hydrogen-bond donors (Lipinski definition) is 1. The highest BCUT2D eigenvalue weighted by atomic mass is 32.1. The topological polar surface area (TPSA) is 51.2 Å². The fourth-order valence-electron chi connectivity index (χ4n) is 1.75. The molecular formula is C15H18N2O2S. The van der Waals surface area contributed by atoms with Gasteiger partial charge in [-0.05, 0) is 45.0 Å². The first kappa shape index (κ1) is 14.5. The van der Waals surface area contributed by atoms with Crippen LogP contribution in [0.25, 0.3) is 0 Å². The predicted octanol–water partition coefficient (Wildman–Crippen LogP) is 3.42. The zero-order chi connectivity index (χ0) is 14.5. The number of amides is 1. The molecule has 2 rings (SSSR count). The smallest absolute Gasteiger partial charge is 0.230 e. The molecule has 0 unspecified atom stereocenters. The molecule has 1 aromatic carbocycles.